The number of carbonyl (C=O) groups excluding carboxylic acids is 3. The standard InChI is InChI=1S/C24H38N4O5S/c1-14(2)19(23(31)28-20(15(3)4)24(32)33)27-22(30)18(13-16-9-7-6-8-10-16)26-21(29)17(25)11-12-34-5/h6-10,14-15,17-20H,11-13,25H2,1-5H3,(H,26,29)(H,27,30)(H,28,31)(H,32,33). The number of carboxylic acid groups (broad SMARTS) is 1. The Kier molecular flexibility index (Phi) is 12.7. The first-order valence-corrected chi connectivity index (χ1v) is 12.8. The molecule has 0 spiro atoms. The van der Waals surface area contributed by atoms with Crippen molar-refractivity contribution in [1.82, 2.24) is 16.0 Å². The highest BCUT2D eigenvalue weighted by Crippen LogP contribution is 2.09. The third kappa shape index (κ3) is 9.72. The lowest BCUT2D eigenvalue weighted by molar-refractivity contribution is -0.143. The van der Waals surface area contributed by atoms with Crippen molar-refractivity contribution < 1.29 is 24.3 Å². The Morgan fingerprint density at radius 3 is 1.94 bits per heavy atom. The quantitative estimate of drug-likeness (QED) is 0.260. The molecule has 0 fully saturated rings. The molecule has 0 radical (unpaired) electrons. The van der Waals surface area contributed by atoms with Crippen LogP contribution in [0.4, 0.5) is 0 Å². The predicted octanol–water partition coefficient (Wildman–Crippen LogP) is 1.16. The molecular weight excluding hydrogens is 456 g/mol. The first kappa shape index (κ1) is 29.4. The van der Waals surface area contributed by atoms with Crippen molar-refractivity contribution in [2.45, 2.75) is 64.7 Å². The molecule has 190 valence electrons. The van der Waals surface area contributed by atoms with E-state index in [1.165, 1.54) is 0 Å². The zero-order chi connectivity index (χ0) is 25.8. The third-order valence-corrected chi connectivity index (χ3v) is 6.01. The Labute approximate surface area is 206 Å². The van der Waals surface area contributed by atoms with E-state index in [0.29, 0.717) is 12.2 Å². The zero-order valence-corrected chi connectivity index (χ0v) is 21.4. The van der Waals surface area contributed by atoms with E-state index >= 15 is 0 Å². The van der Waals surface area contributed by atoms with Crippen molar-refractivity contribution >= 4 is 35.5 Å². The van der Waals surface area contributed by atoms with Crippen LogP contribution in [-0.4, -0.2) is 65.0 Å². The Hall–Kier alpha value is -2.59. The fourth-order valence-electron chi connectivity index (χ4n) is 3.26. The first-order chi connectivity index (χ1) is 16.0. The molecule has 10 heteroatoms. The number of hydrogen-bond acceptors (Lipinski definition) is 6. The third-order valence-electron chi connectivity index (χ3n) is 5.36. The number of nitrogens with one attached hydrogen (secondary N) is 3. The maximum absolute atomic E-state index is 13.2. The highest BCUT2D eigenvalue weighted by molar-refractivity contribution is 7.98. The summed E-state index contributed by atoms with van der Waals surface area (Å²) >= 11 is 1.57. The van der Waals surface area contributed by atoms with Gasteiger partial charge in [-0.3, -0.25) is 14.4 Å². The van der Waals surface area contributed by atoms with Crippen LogP contribution in [0, 0.1) is 11.8 Å². The monoisotopic (exact) mass is 494 g/mol. The Balaban J connectivity index is 3.04. The van der Waals surface area contributed by atoms with Crippen LogP contribution in [0.5, 0.6) is 0 Å². The summed E-state index contributed by atoms with van der Waals surface area (Å²) in [7, 11) is 0. The van der Waals surface area contributed by atoms with Gasteiger partial charge in [0, 0.05) is 6.42 Å². The number of aliphatic carboxylic acids is 1. The molecule has 0 aliphatic carbocycles. The number of benzene rings is 1. The van der Waals surface area contributed by atoms with E-state index < -0.39 is 47.9 Å². The molecule has 1 aromatic rings. The molecule has 1 rings (SSSR count). The summed E-state index contributed by atoms with van der Waals surface area (Å²) in [6.07, 6.45) is 2.60. The van der Waals surface area contributed by atoms with Gasteiger partial charge >= 0.3 is 5.97 Å². The second-order valence-corrected chi connectivity index (χ2v) is 9.92. The minimum Gasteiger partial charge on any atom is -0.480 e. The second kappa shape index (κ2) is 14.6. The van der Waals surface area contributed by atoms with E-state index in [-0.39, 0.29) is 18.3 Å². The van der Waals surface area contributed by atoms with Gasteiger partial charge in [0.25, 0.3) is 0 Å². The smallest absolute Gasteiger partial charge is 0.326 e. The van der Waals surface area contributed by atoms with Crippen LogP contribution in [0.1, 0.15) is 39.7 Å². The van der Waals surface area contributed by atoms with Crippen LogP contribution >= 0.6 is 11.8 Å². The largest absolute Gasteiger partial charge is 0.480 e. The number of carbonyl (C=O) groups is 4. The molecule has 0 aliphatic rings. The molecule has 0 saturated carbocycles. The van der Waals surface area contributed by atoms with Gasteiger partial charge in [-0.25, -0.2) is 4.79 Å². The fourth-order valence-corrected chi connectivity index (χ4v) is 3.75. The minimum atomic E-state index is -1.15. The average Bonchev–Trinajstić information content (AvgIpc) is 2.78. The van der Waals surface area contributed by atoms with E-state index in [1.54, 1.807) is 39.5 Å². The van der Waals surface area contributed by atoms with Gasteiger partial charge in [-0.2, -0.15) is 11.8 Å². The van der Waals surface area contributed by atoms with E-state index in [0.717, 1.165) is 5.56 Å². The molecule has 3 amide bonds. The second-order valence-electron chi connectivity index (χ2n) is 8.94. The van der Waals surface area contributed by atoms with Crippen LogP contribution in [0.2, 0.25) is 0 Å². The fraction of sp³-hybridized carbons (Fsp3) is 0.583. The Morgan fingerprint density at radius 1 is 0.882 bits per heavy atom. The predicted molar refractivity (Wildman–Crippen MR) is 134 cm³/mol. The Bertz CT molecular complexity index is 819. The van der Waals surface area contributed by atoms with Gasteiger partial charge in [-0.05, 0) is 35.8 Å². The minimum absolute atomic E-state index is 0.212. The lowest BCUT2D eigenvalue weighted by Crippen LogP contribution is -2.59. The molecule has 0 heterocycles. The molecule has 34 heavy (non-hydrogen) atoms. The van der Waals surface area contributed by atoms with Gasteiger partial charge in [0.05, 0.1) is 6.04 Å². The number of hydrogen-bond donors (Lipinski definition) is 5. The molecular formula is C24H38N4O5S. The van der Waals surface area contributed by atoms with Crippen LogP contribution in [0.15, 0.2) is 30.3 Å². The van der Waals surface area contributed by atoms with Gasteiger partial charge in [0.2, 0.25) is 17.7 Å². The molecule has 9 nitrogen and oxygen atoms in total. The summed E-state index contributed by atoms with van der Waals surface area (Å²) < 4.78 is 0. The van der Waals surface area contributed by atoms with Crippen LogP contribution in [-0.2, 0) is 25.6 Å². The molecule has 0 aromatic heterocycles. The van der Waals surface area contributed by atoms with Crippen LogP contribution in [0.3, 0.4) is 0 Å². The number of rotatable bonds is 14. The summed E-state index contributed by atoms with van der Waals surface area (Å²) in [4.78, 5) is 50.2. The highest BCUT2D eigenvalue weighted by Gasteiger charge is 2.32. The summed E-state index contributed by atoms with van der Waals surface area (Å²) in [5.41, 5.74) is 6.81. The normalized spacial score (nSPS) is 14.7. The van der Waals surface area contributed by atoms with Crippen molar-refractivity contribution in [2.75, 3.05) is 12.0 Å². The van der Waals surface area contributed by atoms with E-state index in [9.17, 15) is 24.3 Å². The van der Waals surface area contributed by atoms with Crippen molar-refractivity contribution in [3.8, 4) is 0 Å². The van der Waals surface area contributed by atoms with E-state index in [2.05, 4.69) is 16.0 Å². The molecule has 6 N–H and O–H groups in total. The van der Waals surface area contributed by atoms with Gasteiger partial charge in [0.15, 0.2) is 0 Å². The molecule has 0 bridgehead atoms. The van der Waals surface area contributed by atoms with Gasteiger partial charge in [0.1, 0.15) is 18.1 Å². The first-order valence-electron chi connectivity index (χ1n) is 11.4. The molecule has 0 aliphatic heterocycles. The van der Waals surface area contributed by atoms with Crippen LogP contribution < -0.4 is 21.7 Å². The van der Waals surface area contributed by atoms with Crippen molar-refractivity contribution in [2.24, 2.45) is 17.6 Å². The molecule has 1 aromatic carbocycles. The Morgan fingerprint density at radius 2 is 1.44 bits per heavy atom. The number of nitrogens with two attached hydrogens (primary N) is 1. The summed E-state index contributed by atoms with van der Waals surface area (Å²) in [6, 6.07) is 5.42. The summed E-state index contributed by atoms with van der Waals surface area (Å²) in [5, 5.41) is 17.3. The van der Waals surface area contributed by atoms with Gasteiger partial charge in [-0.15, -0.1) is 0 Å². The number of thioether (sulfide) groups is 1. The SMILES string of the molecule is CSCCC(N)C(=O)NC(Cc1ccccc1)C(=O)NC(C(=O)NC(C(=O)O)C(C)C)C(C)C. The van der Waals surface area contributed by atoms with Crippen molar-refractivity contribution in [3.63, 3.8) is 0 Å². The lowest BCUT2D eigenvalue weighted by atomic mass is 9.99. The van der Waals surface area contributed by atoms with E-state index in [4.69, 9.17) is 5.73 Å². The van der Waals surface area contributed by atoms with Gasteiger partial charge < -0.3 is 26.8 Å². The molecule has 4 unspecified atom stereocenters. The van der Waals surface area contributed by atoms with Crippen LogP contribution in [0.25, 0.3) is 0 Å². The topological polar surface area (TPSA) is 151 Å². The van der Waals surface area contributed by atoms with Gasteiger partial charge in [-0.1, -0.05) is 58.0 Å². The maximum atomic E-state index is 13.2. The van der Waals surface area contributed by atoms with E-state index in [1.807, 2.05) is 36.6 Å². The highest BCUT2D eigenvalue weighted by atomic mass is 32.2. The van der Waals surface area contributed by atoms with Crippen molar-refractivity contribution in [1.29, 1.82) is 0 Å². The zero-order valence-electron chi connectivity index (χ0n) is 20.5. The number of carboxylic acids is 1. The summed E-state index contributed by atoms with van der Waals surface area (Å²) in [6.45, 7) is 6.87. The van der Waals surface area contributed by atoms with Crippen molar-refractivity contribution in [3.05, 3.63) is 35.9 Å². The lowest BCUT2D eigenvalue weighted by Gasteiger charge is -2.28. The number of amides is 3. The molecule has 4 atom stereocenters. The summed E-state index contributed by atoms with van der Waals surface area (Å²) in [5.74, 6) is -2.67. The maximum Gasteiger partial charge on any atom is 0.326 e. The molecule has 0 saturated heterocycles. The average molecular weight is 495 g/mol.